The highest BCUT2D eigenvalue weighted by Crippen LogP contribution is 2.48. The van der Waals surface area contributed by atoms with E-state index in [1.54, 1.807) is 0 Å². The number of hydrogen-bond donors (Lipinski definition) is 0. The summed E-state index contributed by atoms with van der Waals surface area (Å²) in [6, 6.07) is 0. The number of hydrogen-bond acceptors (Lipinski definition) is 3. The maximum absolute atomic E-state index is 12.7. The van der Waals surface area contributed by atoms with Gasteiger partial charge in [-0.15, -0.1) is 3.89 Å². The molecule has 0 bridgehead atoms. The molecule has 0 amide bonds. The molecule has 3 nitrogen and oxygen atoms in total. The van der Waals surface area contributed by atoms with E-state index in [0.29, 0.717) is 12.5 Å². The van der Waals surface area contributed by atoms with Crippen LogP contribution < -0.4 is 0 Å². The molecule has 0 aromatic rings. The molecule has 0 N–H and O–H groups in total. The Balaban J connectivity index is 2.08. The van der Waals surface area contributed by atoms with Gasteiger partial charge in [0.1, 0.15) is 5.75 Å². The summed E-state index contributed by atoms with van der Waals surface area (Å²) in [6.07, 6.45) is 4.64. The van der Waals surface area contributed by atoms with Crippen molar-refractivity contribution in [2.75, 3.05) is 12.4 Å². The van der Waals surface area contributed by atoms with Crippen LogP contribution in [-0.4, -0.2) is 26.9 Å². The number of halogens is 1. The van der Waals surface area contributed by atoms with Crippen molar-refractivity contribution in [3.8, 4) is 0 Å². The van der Waals surface area contributed by atoms with Gasteiger partial charge in [0.2, 0.25) is 0 Å². The monoisotopic (exact) mass is 250 g/mol. The summed E-state index contributed by atoms with van der Waals surface area (Å²) >= 11 is 0. The molecule has 1 aliphatic heterocycles. The summed E-state index contributed by atoms with van der Waals surface area (Å²) in [5.41, 5.74) is -0.0638. The van der Waals surface area contributed by atoms with E-state index in [1.807, 2.05) is 0 Å². The molecule has 2 aliphatic rings. The zero-order valence-corrected chi connectivity index (χ0v) is 10.4. The highest BCUT2D eigenvalue weighted by atomic mass is 32.3. The molecule has 1 saturated heterocycles. The van der Waals surface area contributed by atoms with Gasteiger partial charge in [0.15, 0.2) is 0 Å². The van der Waals surface area contributed by atoms with Crippen LogP contribution in [0.2, 0.25) is 0 Å². The third-order valence-electron chi connectivity index (χ3n) is 4.22. The lowest BCUT2D eigenvalue weighted by atomic mass is 9.67. The van der Waals surface area contributed by atoms with E-state index in [0.717, 1.165) is 32.1 Å². The first-order valence-electron chi connectivity index (χ1n) is 5.95. The van der Waals surface area contributed by atoms with E-state index in [2.05, 4.69) is 6.92 Å². The molecule has 2 fully saturated rings. The van der Waals surface area contributed by atoms with E-state index in [4.69, 9.17) is 4.74 Å². The largest absolute Gasteiger partial charge is 0.376 e. The van der Waals surface area contributed by atoms with Crippen molar-refractivity contribution in [3.05, 3.63) is 0 Å². The van der Waals surface area contributed by atoms with Crippen molar-refractivity contribution < 1.29 is 17.0 Å². The van der Waals surface area contributed by atoms with Crippen LogP contribution in [0.4, 0.5) is 3.89 Å². The third-order valence-corrected chi connectivity index (χ3v) is 4.92. The summed E-state index contributed by atoms with van der Waals surface area (Å²) in [6.45, 7) is 2.79. The van der Waals surface area contributed by atoms with Gasteiger partial charge in [-0.05, 0) is 30.6 Å². The molecule has 1 spiro atoms. The predicted molar refractivity (Wildman–Crippen MR) is 59.3 cm³/mol. The number of ether oxygens (including phenoxy) is 1. The van der Waals surface area contributed by atoms with Gasteiger partial charge in [-0.25, -0.2) is 0 Å². The maximum atomic E-state index is 12.7. The van der Waals surface area contributed by atoms with Gasteiger partial charge in [0.25, 0.3) is 0 Å². The molecule has 94 valence electrons. The number of rotatable bonds is 2. The minimum Gasteiger partial charge on any atom is -0.376 e. The van der Waals surface area contributed by atoms with Crippen LogP contribution in [0.15, 0.2) is 0 Å². The molecule has 1 saturated carbocycles. The van der Waals surface area contributed by atoms with Crippen LogP contribution in [0.1, 0.15) is 39.0 Å². The first-order valence-corrected chi connectivity index (χ1v) is 7.50. The van der Waals surface area contributed by atoms with Gasteiger partial charge in [0, 0.05) is 6.61 Å². The molecule has 2 rings (SSSR count). The second-order valence-corrected chi connectivity index (χ2v) is 6.77. The van der Waals surface area contributed by atoms with Crippen molar-refractivity contribution >= 4 is 10.2 Å². The van der Waals surface area contributed by atoms with Crippen molar-refractivity contribution in [3.63, 3.8) is 0 Å². The Kier molecular flexibility index (Phi) is 3.27. The second-order valence-electron chi connectivity index (χ2n) is 5.36. The van der Waals surface area contributed by atoms with Gasteiger partial charge in [-0.3, -0.25) is 0 Å². The molecule has 16 heavy (non-hydrogen) atoms. The van der Waals surface area contributed by atoms with Gasteiger partial charge in [-0.1, -0.05) is 19.8 Å². The minimum absolute atomic E-state index is 0.0638. The molecule has 1 atom stereocenters. The Hall–Kier alpha value is -0.160. The fourth-order valence-corrected chi connectivity index (χ4v) is 3.87. The zero-order valence-electron chi connectivity index (χ0n) is 9.62. The normalized spacial score (nSPS) is 40.4. The molecule has 5 heteroatoms. The highest BCUT2D eigenvalue weighted by molar-refractivity contribution is 7.86. The van der Waals surface area contributed by atoms with E-state index >= 15 is 0 Å². The van der Waals surface area contributed by atoms with Crippen LogP contribution in [0.5, 0.6) is 0 Å². The lowest BCUT2D eigenvalue weighted by Crippen LogP contribution is -2.38. The van der Waals surface area contributed by atoms with Crippen LogP contribution in [0.3, 0.4) is 0 Å². The molecule has 0 aromatic heterocycles. The Bertz CT molecular complexity index is 344. The summed E-state index contributed by atoms with van der Waals surface area (Å²) in [7, 11) is -4.42. The highest BCUT2D eigenvalue weighted by Gasteiger charge is 2.47. The molecular weight excluding hydrogens is 231 g/mol. The summed E-state index contributed by atoms with van der Waals surface area (Å²) in [4.78, 5) is 0. The molecular formula is C11H19FO3S. The summed E-state index contributed by atoms with van der Waals surface area (Å²) in [5.74, 6) is 0.246. The van der Waals surface area contributed by atoms with E-state index in [-0.39, 0.29) is 5.41 Å². The second kappa shape index (κ2) is 4.26. The Morgan fingerprint density at radius 1 is 1.31 bits per heavy atom. The molecule has 1 aliphatic carbocycles. The Morgan fingerprint density at radius 2 is 1.94 bits per heavy atom. The molecule has 0 aromatic carbocycles. The van der Waals surface area contributed by atoms with Crippen LogP contribution in [-0.2, 0) is 15.0 Å². The molecule has 1 unspecified atom stereocenters. The van der Waals surface area contributed by atoms with Gasteiger partial charge >= 0.3 is 10.2 Å². The summed E-state index contributed by atoms with van der Waals surface area (Å²) < 4.78 is 39.6. The SMILES string of the molecule is CC1CCC2(CCOC2CS(=O)(=O)F)CC1. The Morgan fingerprint density at radius 3 is 2.50 bits per heavy atom. The van der Waals surface area contributed by atoms with Gasteiger partial charge in [-0.2, -0.15) is 8.42 Å². The summed E-state index contributed by atoms with van der Waals surface area (Å²) in [5, 5.41) is 0. The van der Waals surface area contributed by atoms with E-state index in [9.17, 15) is 12.3 Å². The maximum Gasteiger partial charge on any atom is 0.304 e. The average Bonchev–Trinajstić information content (AvgIpc) is 2.52. The third kappa shape index (κ3) is 2.56. The van der Waals surface area contributed by atoms with Crippen molar-refractivity contribution in [2.24, 2.45) is 11.3 Å². The van der Waals surface area contributed by atoms with Gasteiger partial charge < -0.3 is 4.74 Å². The van der Waals surface area contributed by atoms with Crippen LogP contribution >= 0.6 is 0 Å². The minimum atomic E-state index is -4.42. The lowest BCUT2D eigenvalue weighted by molar-refractivity contribution is 0.0356. The first-order chi connectivity index (χ1) is 7.41. The Labute approximate surface area is 96.6 Å². The zero-order chi connectivity index (χ0) is 11.8. The fraction of sp³-hybridized carbons (Fsp3) is 1.00. The van der Waals surface area contributed by atoms with E-state index in [1.165, 1.54) is 0 Å². The molecule has 1 heterocycles. The topological polar surface area (TPSA) is 43.4 Å². The van der Waals surface area contributed by atoms with Crippen molar-refractivity contribution in [1.82, 2.24) is 0 Å². The smallest absolute Gasteiger partial charge is 0.304 e. The first kappa shape index (κ1) is 12.3. The average molecular weight is 250 g/mol. The lowest BCUT2D eigenvalue weighted by Gasteiger charge is -2.39. The van der Waals surface area contributed by atoms with Crippen LogP contribution in [0.25, 0.3) is 0 Å². The van der Waals surface area contributed by atoms with Crippen molar-refractivity contribution in [2.45, 2.75) is 45.1 Å². The standard InChI is InChI=1S/C11H19FO3S/c1-9-2-4-11(5-3-9)6-7-15-10(11)8-16(12,13)14/h9-10H,2-8H2,1H3. The van der Waals surface area contributed by atoms with Crippen LogP contribution in [0, 0.1) is 11.3 Å². The van der Waals surface area contributed by atoms with Crippen molar-refractivity contribution in [1.29, 1.82) is 0 Å². The fourth-order valence-electron chi connectivity index (χ4n) is 3.06. The molecule has 0 radical (unpaired) electrons. The van der Waals surface area contributed by atoms with E-state index < -0.39 is 22.1 Å². The quantitative estimate of drug-likeness (QED) is 0.706. The van der Waals surface area contributed by atoms with Gasteiger partial charge in [0.05, 0.1) is 6.10 Å². The predicted octanol–water partition coefficient (Wildman–Crippen LogP) is 2.27.